The molecule has 0 amide bonds. The van der Waals surface area contributed by atoms with Crippen LogP contribution in [0.4, 0.5) is 5.69 Å². The number of piperazine rings is 1. The first-order valence-corrected chi connectivity index (χ1v) is 11.5. The van der Waals surface area contributed by atoms with Crippen LogP contribution < -0.4 is 9.64 Å². The molecule has 1 aliphatic rings. The van der Waals surface area contributed by atoms with E-state index in [1.807, 2.05) is 0 Å². The Kier molecular flexibility index (Phi) is 12.9. The lowest BCUT2D eigenvalue weighted by atomic mass is 10.0. The molecule has 0 N–H and O–H groups in total. The van der Waals surface area contributed by atoms with Crippen molar-refractivity contribution in [3.63, 3.8) is 0 Å². The molecule has 1 aromatic rings. The summed E-state index contributed by atoms with van der Waals surface area (Å²) >= 11 is 0. The number of anilines is 1. The summed E-state index contributed by atoms with van der Waals surface area (Å²) in [6, 6.07) is 8.22. The van der Waals surface area contributed by atoms with Crippen LogP contribution in [0.2, 0.25) is 0 Å². The van der Waals surface area contributed by atoms with Crippen LogP contribution in [-0.2, 0) is 11.2 Å². The van der Waals surface area contributed by atoms with Crippen LogP contribution in [0.15, 0.2) is 18.2 Å². The van der Waals surface area contributed by atoms with Gasteiger partial charge < -0.3 is 9.64 Å². The number of hydrogen-bond acceptors (Lipinski definition) is 5. The molecule has 1 heterocycles. The van der Waals surface area contributed by atoms with Crippen LogP contribution in [0, 0.1) is 17.2 Å². The number of nitrogens with zero attached hydrogens (tertiary/aromatic N) is 3. The Morgan fingerprint density at radius 2 is 1.90 bits per heavy atom. The maximum Gasteiger partial charge on any atom is 0.143 e. The highest BCUT2D eigenvalue weighted by Gasteiger charge is 2.19. The smallest absolute Gasteiger partial charge is 0.143 e. The van der Waals surface area contributed by atoms with Gasteiger partial charge in [0.2, 0.25) is 0 Å². The summed E-state index contributed by atoms with van der Waals surface area (Å²) in [6.07, 6.45) is 6.54. The van der Waals surface area contributed by atoms with Crippen LogP contribution in [0.1, 0.15) is 65.4 Å². The molecule has 1 unspecified atom stereocenters. The Morgan fingerprint density at radius 3 is 2.40 bits per heavy atom. The first-order chi connectivity index (χ1) is 14.4. The SMILES string of the molecule is CC(=O)CC#N.CCCC(C)CCCN1CCN(c2cc(OC)ccc2CC)CC1. The highest BCUT2D eigenvalue weighted by Crippen LogP contribution is 2.27. The standard InChI is InChI=1S/C21H36N2O.C4H5NO/c1-5-8-18(3)9-7-12-22-13-15-23(16-14-22)21-17-20(24-4)11-10-19(21)6-2;1-4(6)2-3-5/h10-11,17-18H,5-9,12-16H2,1-4H3;2H2,1H3. The largest absolute Gasteiger partial charge is 0.497 e. The zero-order valence-corrected chi connectivity index (χ0v) is 19.7. The quantitative estimate of drug-likeness (QED) is 0.533. The van der Waals surface area contributed by atoms with Crippen molar-refractivity contribution in [3.8, 4) is 11.8 Å². The number of carbonyl (C=O) groups excluding carboxylic acids is 1. The molecule has 0 saturated carbocycles. The van der Waals surface area contributed by atoms with Crippen molar-refractivity contribution >= 4 is 11.5 Å². The van der Waals surface area contributed by atoms with Gasteiger partial charge in [-0.15, -0.1) is 0 Å². The van der Waals surface area contributed by atoms with Crippen LogP contribution in [0.3, 0.4) is 0 Å². The minimum Gasteiger partial charge on any atom is -0.497 e. The van der Waals surface area contributed by atoms with E-state index in [-0.39, 0.29) is 12.2 Å². The number of rotatable bonds is 10. The average molecular weight is 416 g/mol. The van der Waals surface area contributed by atoms with E-state index >= 15 is 0 Å². The first-order valence-electron chi connectivity index (χ1n) is 11.5. The monoisotopic (exact) mass is 415 g/mol. The van der Waals surface area contributed by atoms with Crippen molar-refractivity contribution in [2.75, 3.05) is 44.7 Å². The molecule has 1 aromatic carbocycles. The maximum absolute atomic E-state index is 9.82. The van der Waals surface area contributed by atoms with Crippen molar-refractivity contribution in [2.24, 2.45) is 5.92 Å². The van der Waals surface area contributed by atoms with E-state index < -0.39 is 0 Å². The highest BCUT2D eigenvalue weighted by molar-refractivity contribution is 5.77. The van der Waals surface area contributed by atoms with Crippen molar-refractivity contribution in [1.29, 1.82) is 5.26 Å². The van der Waals surface area contributed by atoms with Crippen molar-refractivity contribution < 1.29 is 9.53 Å². The second kappa shape index (κ2) is 14.8. The molecule has 5 nitrogen and oxygen atoms in total. The highest BCUT2D eigenvalue weighted by atomic mass is 16.5. The van der Waals surface area contributed by atoms with Gasteiger partial charge >= 0.3 is 0 Å². The lowest BCUT2D eigenvalue weighted by Gasteiger charge is -2.37. The van der Waals surface area contributed by atoms with Gasteiger partial charge in [0.05, 0.1) is 19.6 Å². The first kappa shape index (κ1) is 26.0. The van der Waals surface area contributed by atoms with Gasteiger partial charge in [-0.25, -0.2) is 0 Å². The molecule has 0 aromatic heterocycles. The maximum atomic E-state index is 9.82. The molecule has 30 heavy (non-hydrogen) atoms. The number of ether oxygens (including phenoxy) is 1. The lowest BCUT2D eigenvalue weighted by Crippen LogP contribution is -2.47. The van der Waals surface area contributed by atoms with Crippen LogP contribution in [0.25, 0.3) is 0 Å². The van der Waals surface area contributed by atoms with Gasteiger partial charge in [0.25, 0.3) is 0 Å². The summed E-state index contributed by atoms with van der Waals surface area (Å²) < 4.78 is 5.42. The van der Waals surface area contributed by atoms with Crippen molar-refractivity contribution in [1.82, 2.24) is 4.90 Å². The fraction of sp³-hybridized carbons (Fsp3) is 0.680. The molecule has 1 saturated heterocycles. The third-order valence-electron chi connectivity index (χ3n) is 5.67. The van der Waals surface area contributed by atoms with E-state index in [2.05, 4.69) is 48.8 Å². The summed E-state index contributed by atoms with van der Waals surface area (Å²) in [7, 11) is 1.75. The van der Waals surface area contributed by atoms with Gasteiger partial charge in [0.15, 0.2) is 0 Å². The summed E-state index contributed by atoms with van der Waals surface area (Å²) in [4.78, 5) is 15.0. The van der Waals surface area contributed by atoms with Gasteiger partial charge in [-0.2, -0.15) is 5.26 Å². The number of nitriles is 1. The number of ketones is 1. The summed E-state index contributed by atoms with van der Waals surface area (Å²) in [5, 5.41) is 7.77. The zero-order chi connectivity index (χ0) is 22.4. The number of hydrogen-bond donors (Lipinski definition) is 0. The predicted octanol–water partition coefficient (Wildman–Crippen LogP) is 5.09. The Morgan fingerprint density at radius 1 is 1.20 bits per heavy atom. The molecule has 0 bridgehead atoms. The minimum atomic E-state index is -0.0718. The topological polar surface area (TPSA) is 56.6 Å². The van der Waals surface area contributed by atoms with E-state index in [1.165, 1.54) is 63.5 Å². The molecule has 0 radical (unpaired) electrons. The molecule has 0 spiro atoms. The molecule has 0 aliphatic carbocycles. The molecular formula is C25H41N3O2. The van der Waals surface area contributed by atoms with Gasteiger partial charge in [0.1, 0.15) is 11.5 Å². The number of benzene rings is 1. The Hall–Kier alpha value is -2.06. The third kappa shape index (κ3) is 9.63. The zero-order valence-electron chi connectivity index (χ0n) is 19.7. The lowest BCUT2D eigenvalue weighted by molar-refractivity contribution is -0.116. The summed E-state index contributed by atoms with van der Waals surface area (Å²) in [6.45, 7) is 14.2. The summed E-state index contributed by atoms with van der Waals surface area (Å²) in [5.41, 5.74) is 2.80. The second-order valence-corrected chi connectivity index (χ2v) is 8.25. The fourth-order valence-electron chi connectivity index (χ4n) is 3.89. The van der Waals surface area contributed by atoms with Crippen LogP contribution in [-0.4, -0.2) is 50.5 Å². The molecule has 2 rings (SSSR count). The van der Waals surface area contributed by atoms with Crippen molar-refractivity contribution in [3.05, 3.63) is 23.8 Å². The van der Waals surface area contributed by atoms with Crippen LogP contribution in [0.5, 0.6) is 5.75 Å². The third-order valence-corrected chi connectivity index (χ3v) is 5.67. The second-order valence-electron chi connectivity index (χ2n) is 8.25. The van der Waals surface area contributed by atoms with E-state index in [0.29, 0.717) is 0 Å². The van der Waals surface area contributed by atoms with Crippen molar-refractivity contribution in [2.45, 2.75) is 66.2 Å². The minimum absolute atomic E-state index is 0.0417. The molecule has 1 fully saturated rings. The summed E-state index contributed by atoms with van der Waals surface area (Å²) in [5.74, 6) is 1.78. The fourth-order valence-corrected chi connectivity index (χ4v) is 3.89. The molecule has 5 heteroatoms. The number of Topliss-reactive ketones (excluding diaryl/α,β-unsaturated/α-hetero) is 1. The van der Waals surface area contributed by atoms with Crippen LogP contribution >= 0.6 is 0 Å². The average Bonchev–Trinajstić information content (AvgIpc) is 2.74. The molecule has 1 aliphatic heterocycles. The Labute approximate surface area is 184 Å². The predicted molar refractivity (Wildman–Crippen MR) is 125 cm³/mol. The van der Waals surface area contributed by atoms with E-state index in [1.54, 1.807) is 13.2 Å². The Bertz CT molecular complexity index is 661. The number of aryl methyl sites for hydroxylation is 1. The van der Waals surface area contributed by atoms with Gasteiger partial charge in [-0.1, -0.05) is 39.7 Å². The number of methoxy groups -OCH3 is 1. The Balaban J connectivity index is 0.000000656. The molecular weight excluding hydrogens is 374 g/mol. The number of carbonyl (C=O) groups is 1. The normalized spacial score (nSPS) is 15.0. The van der Waals surface area contributed by atoms with E-state index in [4.69, 9.17) is 10.00 Å². The van der Waals surface area contributed by atoms with E-state index in [9.17, 15) is 4.79 Å². The van der Waals surface area contributed by atoms with Gasteiger partial charge in [-0.05, 0) is 50.3 Å². The van der Waals surface area contributed by atoms with Gasteiger partial charge in [-0.3, -0.25) is 9.69 Å². The van der Waals surface area contributed by atoms with Gasteiger partial charge in [0, 0.05) is 37.9 Å². The molecule has 1 atom stereocenters. The van der Waals surface area contributed by atoms with E-state index in [0.717, 1.165) is 31.2 Å². The molecule has 168 valence electrons.